The Morgan fingerprint density at radius 1 is 1.17 bits per heavy atom. The van der Waals surface area contributed by atoms with Crippen molar-refractivity contribution < 1.29 is 18.7 Å². The number of carbonyl (C=O) groups is 2. The summed E-state index contributed by atoms with van der Waals surface area (Å²) in [6, 6.07) is 9.97. The highest BCUT2D eigenvalue weighted by Gasteiger charge is 2.25. The van der Waals surface area contributed by atoms with Crippen LogP contribution in [0.25, 0.3) is 0 Å². The number of hydrogen-bond donors (Lipinski definition) is 2. The molecule has 6 heteroatoms. The number of methoxy groups -OCH3 is 1. The first-order valence-electron chi connectivity index (χ1n) is 7.76. The van der Waals surface area contributed by atoms with Crippen LogP contribution in [0.15, 0.2) is 47.1 Å². The predicted octanol–water partition coefficient (Wildman–Crippen LogP) is 2.36. The topological polar surface area (TPSA) is 80.6 Å². The van der Waals surface area contributed by atoms with Gasteiger partial charge >= 0.3 is 0 Å². The highest BCUT2D eigenvalue weighted by Crippen LogP contribution is 2.11. The highest BCUT2D eigenvalue weighted by molar-refractivity contribution is 5.95. The highest BCUT2D eigenvalue weighted by atomic mass is 16.5. The molecule has 0 unspecified atom stereocenters. The van der Waals surface area contributed by atoms with Gasteiger partial charge in [0, 0.05) is 6.54 Å². The molecular formula is C18H22N2O4. The van der Waals surface area contributed by atoms with Gasteiger partial charge in [-0.15, -0.1) is 0 Å². The molecular weight excluding hydrogens is 308 g/mol. The van der Waals surface area contributed by atoms with Crippen molar-refractivity contribution in [2.75, 3.05) is 7.11 Å². The Balaban J connectivity index is 1.94. The molecule has 0 bridgehead atoms. The Kier molecular flexibility index (Phi) is 6.01. The summed E-state index contributed by atoms with van der Waals surface area (Å²) < 4.78 is 10.2. The first-order chi connectivity index (χ1) is 11.5. The monoisotopic (exact) mass is 330 g/mol. The van der Waals surface area contributed by atoms with Gasteiger partial charge in [-0.25, -0.2) is 0 Å². The third kappa shape index (κ3) is 4.62. The number of carbonyl (C=O) groups excluding carboxylic acids is 2. The summed E-state index contributed by atoms with van der Waals surface area (Å²) in [7, 11) is 1.60. The normalized spacial score (nSPS) is 11.8. The molecule has 0 fully saturated rings. The maximum Gasteiger partial charge on any atom is 0.287 e. The molecule has 2 amide bonds. The van der Waals surface area contributed by atoms with Crippen molar-refractivity contribution in [3.05, 3.63) is 54.0 Å². The third-order valence-electron chi connectivity index (χ3n) is 3.61. The number of hydrogen-bond acceptors (Lipinski definition) is 4. The molecule has 2 rings (SSSR count). The number of ether oxygens (including phenoxy) is 1. The molecule has 2 N–H and O–H groups in total. The molecule has 0 aliphatic carbocycles. The number of amides is 2. The molecule has 1 heterocycles. The second kappa shape index (κ2) is 8.19. The maximum absolute atomic E-state index is 12.4. The Labute approximate surface area is 141 Å². The number of benzene rings is 1. The van der Waals surface area contributed by atoms with Crippen molar-refractivity contribution in [3.63, 3.8) is 0 Å². The van der Waals surface area contributed by atoms with Crippen molar-refractivity contribution >= 4 is 11.8 Å². The van der Waals surface area contributed by atoms with E-state index in [1.54, 1.807) is 19.2 Å². The van der Waals surface area contributed by atoms with E-state index in [1.807, 2.05) is 38.1 Å². The number of rotatable bonds is 7. The standard InChI is InChI=1S/C18H22N2O4/c1-12(2)16(20-17(21)15-5-4-10-24-15)18(22)19-11-13-6-8-14(23-3)9-7-13/h4-10,12,16H,11H2,1-3H3,(H,19,22)(H,20,21)/t16-/m0/s1. The van der Waals surface area contributed by atoms with Crippen LogP contribution in [0.5, 0.6) is 5.75 Å². The van der Waals surface area contributed by atoms with Crippen LogP contribution in [-0.2, 0) is 11.3 Å². The lowest BCUT2D eigenvalue weighted by Crippen LogP contribution is -2.49. The summed E-state index contributed by atoms with van der Waals surface area (Å²) in [6.07, 6.45) is 1.42. The molecule has 6 nitrogen and oxygen atoms in total. The molecule has 0 saturated heterocycles. The molecule has 24 heavy (non-hydrogen) atoms. The van der Waals surface area contributed by atoms with Crippen LogP contribution < -0.4 is 15.4 Å². The Morgan fingerprint density at radius 2 is 1.88 bits per heavy atom. The van der Waals surface area contributed by atoms with Gasteiger partial charge in [0.15, 0.2) is 5.76 Å². The van der Waals surface area contributed by atoms with E-state index in [9.17, 15) is 9.59 Å². The van der Waals surface area contributed by atoms with Crippen LogP contribution in [0, 0.1) is 5.92 Å². The van der Waals surface area contributed by atoms with Gasteiger partial charge in [-0.2, -0.15) is 0 Å². The van der Waals surface area contributed by atoms with Crippen molar-refractivity contribution in [2.24, 2.45) is 5.92 Å². The first kappa shape index (κ1) is 17.6. The zero-order valence-corrected chi connectivity index (χ0v) is 14.0. The minimum Gasteiger partial charge on any atom is -0.497 e. The Hall–Kier alpha value is -2.76. The van der Waals surface area contributed by atoms with E-state index < -0.39 is 11.9 Å². The van der Waals surface area contributed by atoms with E-state index in [4.69, 9.17) is 9.15 Å². The van der Waals surface area contributed by atoms with E-state index in [0.717, 1.165) is 11.3 Å². The SMILES string of the molecule is COc1ccc(CNC(=O)[C@@H](NC(=O)c2ccco2)C(C)C)cc1. The number of furan rings is 1. The average Bonchev–Trinajstić information content (AvgIpc) is 3.12. The first-order valence-corrected chi connectivity index (χ1v) is 7.76. The van der Waals surface area contributed by atoms with Crippen molar-refractivity contribution in [1.29, 1.82) is 0 Å². The van der Waals surface area contributed by atoms with E-state index in [-0.39, 0.29) is 17.6 Å². The van der Waals surface area contributed by atoms with Gasteiger partial charge in [-0.3, -0.25) is 9.59 Å². The summed E-state index contributed by atoms with van der Waals surface area (Å²) in [5.41, 5.74) is 0.948. The van der Waals surface area contributed by atoms with Gasteiger partial charge in [-0.05, 0) is 35.7 Å². The van der Waals surface area contributed by atoms with Crippen LogP contribution >= 0.6 is 0 Å². The van der Waals surface area contributed by atoms with Gasteiger partial charge < -0.3 is 19.8 Å². The zero-order chi connectivity index (χ0) is 17.5. The molecule has 0 aliphatic rings. The maximum atomic E-state index is 12.4. The predicted molar refractivity (Wildman–Crippen MR) is 89.6 cm³/mol. The molecule has 0 saturated carbocycles. The largest absolute Gasteiger partial charge is 0.497 e. The summed E-state index contributed by atoms with van der Waals surface area (Å²) in [5.74, 6) is 0.248. The molecule has 1 aromatic heterocycles. The summed E-state index contributed by atoms with van der Waals surface area (Å²) >= 11 is 0. The average molecular weight is 330 g/mol. The second-order valence-electron chi connectivity index (χ2n) is 5.74. The molecule has 0 radical (unpaired) electrons. The molecule has 1 aromatic carbocycles. The zero-order valence-electron chi connectivity index (χ0n) is 14.0. The van der Waals surface area contributed by atoms with Crippen molar-refractivity contribution in [2.45, 2.75) is 26.4 Å². The fourth-order valence-corrected chi connectivity index (χ4v) is 2.20. The van der Waals surface area contributed by atoms with Gasteiger partial charge in [0.05, 0.1) is 13.4 Å². The van der Waals surface area contributed by atoms with Crippen LogP contribution in [0.2, 0.25) is 0 Å². The van der Waals surface area contributed by atoms with Crippen LogP contribution in [0.4, 0.5) is 0 Å². The summed E-state index contributed by atoms with van der Waals surface area (Å²) in [4.78, 5) is 24.5. The van der Waals surface area contributed by atoms with E-state index in [0.29, 0.717) is 6.54 Å². The fourth-order valence-electron chi connectivity index (χ4n) is 2.20. The molecule has 0 spiro atoms. The van der Waals surface area contributed by atoms with Gasteiger partial charge in [0.25, 0.3) is 5.91 Å². The third-order valence-corrected chi connectivity index (χ3v) is 3.61. The van der Waals surface area contributed by atoms with Gasteiger partial charge in [0.2, 0.25) is 5.91 Å². The minimum absolute atomic E-state index is 0.0558. The lowest BCUT2D eigenvalue weighted by molar-refractivity contribution is -0.124. The molecule has 1 atom stereocenters. The summed E-state index contributed by atoms with van der Waals surface area (Å²) in [6.45, 7) is 4.13. The Morgan fingerprint density at radius 3 is 2.42 bits per heavy atom. The molecule has 0 aliphatic heterocycles. The van der Waals surface area contributed by atoms with E-state index >= 15 is 0 Å². The van der Waals surface area contributed by atoms with E-state index in [2.05, 4.69) is 10.6 Å². The lowest BCUT2D eigenvalue weighted by Gasteiger charge is -2.21. The van der Waals surface area contributed by atoms with Gasteiger partial charge in [-0.1, -0.05) is 26.0 Å². The van der Waals surface area contributed by atoms with Crippen LogP contribution in [0.1, 0.15) is 30.0 Å². The molecule has 2 aromatic rings. The second-order valence-corrected chi connectivity index (χ2v) is 5.74. The van der Waals surface area contributed by atoms with Crippen molar-refractivity contribution in [1.82, 2.24) is 10.6 Å². The van der Waals surface area contributed by atoms with E-state index in [1.165, 1.54) is 6.26 Å². The lowest BCUT2D eigenvalue weighted by atomic mass is 10.0. The minimum atomic E-state index is -0.638. The smallest absolute Gasteiger partial charge is 0.287 e. The number of nitrogens with one attached hydrogen (secondary N) is 2. The van der Waals surface area contributed by atoms with Crippen LogP contribution in [-0.4, -0.2) is 25.0 Å². The van der Waals surface area contributed by atoms with Crippen molar-refractivity contribution in [3.8, 4) is 5.75 Å². The fraction of sp³-hybridized carbons (Fsp3) is 0.333. The Bertz CT molecular complexity index is 663. The van der Waals surface area contributed by atoms with Gasteiger partial charge in [0.1, 0.15) is 11.8 Å². The summed E-state index contributed by atoms with van der Waals surface area (Å²) in [5, 5.41) is 5.55. The molecule has 128 valence electrons. The van der Waals surface area contributed by atoms with Crippen LogP contribution in [0.3, 0.4) is 0 Å². The quantitative estimate of drug-likeness (QED) is 0.817.